The lowest BCUT2D eigenvalue weighted by Crippen LogP contribution is -2.14. The molecule has 1 amide bonds. The van der Waals surface area contributed by atoms with Gasteiger partial charge in [-0.3, -0.25) is 9.36 Å². The van der Waals surface area contributed by atoms with Crippen molar-refractivity contribution in [2.45, 2.75) is 18.6 Å². The Morgan fingerprint density at radius 1 is 1.23 bits per heavy atom. The zero-order chi connectivity index (χ0) is 21.1. The molecule has 30 heavy (non-hydrogen) atoms. The van der Waals surface area contributed by atoms with Gasteiger partial charge in [0.1, 0.15) is 0 Å². The number of rotatable bonds is 7. The highest BCUT2D eigenvalue weighted by Gasteiger charge is 2.19. The first-order valence-electron chi connectivity index (χ1n) is 9.27. The summed E-state index contributed by atoms with van der Waals surface area (Å²) in [7, 11) is 1.61. The fourth-order valence-electron chi connectivity index (χ4n) is 3.06. The number of methoxy groups -OCH3 is 1. The van der Waals surface area contributed by atoms with E-state index in [2.05, 4.69) is 31.4 Å². The number of anilines is 1. The van der Waals surface area contributed by atoms with E-state index in [0.29, 0.717) is 34.6 Å². The Bertz CT molecular complexity index is 1200. The van der Waals surface area contributed by atoms with Gasteiger partial charge in [0.25, 0.3) is 0 Å². The van der Waals surface area contributed by atoms with Crippen molar-refractivity contribution in [3.8, 4) is 17.3 Å². The molecule has 7 nitrogen and oxygen atoms in total. The van der Waals surface area contributed by atoms with Crippen molar-refractivity contribution in [3.05, 3.63) is 53.0 Å². The molecular formula is C21H19BrN4O3S. The average molecular weight is 487 g/mol. The monoisotopic (exact) mass is 486 g/mol. The summed E-state index contributed by atoms with van der Waals surface area (Å²) >= 11 is 4.73. The third-order valence-corrected chi connectivity index (χ3v) is 5.88. The minimum atomic E-state index is -0.112. The van der Waals surface area contributed by atoms with E-state index in [1.54, 1.807) is 7.11 Å². The molecule has 2 aromatic heterocycles. The molecule has 0 fully saturated rings. The molecule has 2 aromatic carbocycles. The second-order valence-electron chi connectivity index (χ2n) is 6.39. The largest absolute Gasteiger partial charge is 0.493 e. The highest BCUT2D eigenvalue weighted by Crippen LogP contribution is 2.33. The van der Waals surface area contributed by atoms with Crippen LogP contribution in [0.3, 0.4) is 0 Å². The molecule has 0 aliphatic rings. The van der Waals surface area contributed by atoms with Gasteiger partial charge in [-0.25, -0.2) is 0 Å². The number of amides is 1. The summed E-state index contributed by atoms with van der Waals surface area (Å²) in [6.45, 7) is 2.65. The van der Waals surface area contributed by atoms with E-state index in [1.165, 1.54) is 11.8 Å². The number of benzene rings is 2. The second kappa shape index (κ2) is 8.93. The first kappa shape index (κ1) is 20.5. The van der Waals surface area contributed by atoms with Crippen molar-refractivity contribution >= 4 is 50.3 Å². The predicted octanol–water partition coefficient (Wildman–Crippen LogP) is 5.21. The lowest BCUT2D eigenvalue weighted by molar-refractivity contribution is -0.113. The molecule has 0 saturated heterocycles. The number of carbonyl (C=O) groups is 1. The highest BCUT2D eigenvalue weighted by molar-refractivity contribution is 9.10. The Labute approximate surface area is 185 Å². The van der Waals surface area contributed by atoms with Crippen LogP contribution in [0.15, 0.2) is 62.6 Å². The molecule has 0 aliphatic carbocycles. The maximum Gasteiger partial charge on any atom is 0.234 e. The molecular weight excluding hydrogens is 468 g/mol. The standard InChI is InChI=1S/C21H19BrN4O3S/c1-3-26-20(17-10-13-6-4-9-16(28-2)19(13)29-17)24-25-21(26)30-12-18(27)23-15-8-5-7-14(22)11-15/h4-11H,3,12H2,1-2H3,(H,23,27). The molecule has 1 N–H and O–H groups in total. The summed E-state index contributed by atoms with van der Waals surface area (Å²) in [6, 6.07) is 15.1. The fraction of sp³-hybridized carbons (Fsp3) is 0.190. The Kier molecular flexibility index (Phi) is 6.10. The molecule has 4 rings (SSSR count). The van der Waals surface area contributed by atoms with Crippen LogP contribution in [0.2, 0.25) is 0 Å². The topological polar surface area (TPSA) is 82.2 Å². The summed E-state index contributed by atoms with van der Waals surface area (Å²) < 4.78 is 14.2. The van der Waals surface area contributed by atoms with Gasteiger partial charge in [0.05, 0.1) is 12.9 Å². The van der Waals surface area contributed by atoms with Gasteiger partial charge >= 0.3 is 0 Å². The van der Waals surface area contributed by atoms with Crippen LogP contribution in [0.4, 0.5) is 5.69 Å². The highest BCUT2D eigenvalue weighted by atomic mass is 79.9. The maximum absolute atomic E-state index is 12.3. The Morgan fingerprint density at radius 3 is 2.83 bits per heavy atom. The maximum atomic E-state index is 12.3. The summed E-state index contributed by atoms with van der Waals surface area (Å²) in [4.78, 5) is 12.3. The number of thioether (sulfide) groups is 1. The summed E-state index contributed by atoms with van der Waals surface area (Å²) in [5, 5.41) is 13.0. The van der Waals surface area contributed by atoms with Gasteiger partial charge in [-0.15, -0.1) is 10.2 Å². The number of para-hydroxylation sites is 1. The number of nitrogens with zero attached hydrogens (tertiary/aromatic N) is 3. The molecule has 0 spiro atoms. The molecule has 0 unspecified atom stereocenters. The van der Waals surface area contributed by atoms with Gasteiger partial charge in [-0.05, 0) is 37.3 Å². The molecule has 0 radical (unpaired) electrons. The molecule has 0 aliphatic heterocycles. The van der Waals surface area contributed by atoms with Crippen molar-refractivity contribution < 1.29 is 13.9 Å². The van der Waals surface area contributed by atoms with E-state index in [-0.39, 0.29) is 11.7 Å². The third-order valence-electron chi connectivity index (χ3n) is 4.42. The number of ether oxygens (including phenoxy) is 1. The van der Waals surface area contributed by atoms with Crippen molar-refractivity contribution in [1.82, 2.24) is 14.8 Å². The number of hydrogen-bond donors (Lipinski definition) is 1. The van der Waals surface area contributed by atoms with Crippen LogP contribution in [-0.2, 0) is 11.3 Å². The van der Waals surface area contributed by atoms with E-state index in [1.807, 2.05) is 60.0 Å². The number of fused-ring (bicyclic) bond motifs is 1. The van der Waals surface area contributed by atoms with Gasteiger partial charge in [0.15, 0.2) is 22.2 Å². The SMILES string of the molecule is CCn1c(SCC(=O)Nc2cccc(Br)c2)nnc1-c1cc2cccc(OC)c2o1. The minimum absolute atomic E-state index is 0.112. The number of carbonyl (C=O) groups excluding carboxylic acids is 1. The van der Waals surface area contributed by atoms with Gasteiger partial charge < -0.3 is 14.5 Å². The van der Waals surface area contributed by atoms with Gasteiger partial charge in [-0.1, -0.05) is 45.9 Å². The first-order chi connectivity index (χ1) is 14.6. The normalized spacial score (nSPS) is 11.0. The van der Waals surface area contributed by atoms with Crippen LogP contribution in [0, 0.1) is 0 Å². The number of halogens is 1. The van der Waals surface area contributed by atoms with Crippen LogP contribution < -0.4 is 10.1 Å². The Balaban J connectivity index is 1.52. The molecule has 0 saturated carbocycles. The van der Waals surface area contributed by atoms with E-state index < -0.39 is 0 Å². The smallest absolute Gasteiger partial charge is 0.234 e. The van der Waals surface area contributed by atoms with Gasteiger partial charge in [-0.2, -0.15) is 0 Å². The average Bonchev–Trinajstić information content (AvgIpc) is 3.35. The summed E-state index contributed by atoms with van der Waals surface area (Å²) in [5.74, 6) is 2.00. The zero-order valence-corrected chi connectivity index (χ0v) is 18.8. The Hall–Kier alpha value is -2.78. The van der Waals surface area contributed by atoms with E-state index in [0.717, 1.165) is 15.5 Å². The molecule has 4 aromatic rings. The second-order valence-corrected chi connectivity index (χ2v) is 8.25. The van der Waals surface area contributed by atoms with Gasteiger partial charge in [0, 0.05) is 22.1 Å². The molecule has 9 heteroatoms. The molecule has 0 atom stereocenters. The number of hydrogen-bond acceptors (Lipinski definition) is 6. The van der Waals surface area contributed by atoms with Crippen molar-refractivity contribution in [1.29, 1.82) is 0 Å². The number of nitrogens with one attached hydrogen (secondary N) is 1. The van der Waals surface area contributed by atoms with Gasteiger partial charge in [0.2, 0.25) is 11.7 Å². The quantitative estimate of drug-likeness (QED) is 0.361. The summed E-state index contributed by atoms with van der Waals surface area (Å²) in [5.41, 5.74) is 1.41. The number of aromatic nitrogens is 3. The van der Waals surface area contributed by atoms with Crippen molar-refractivity contribution in [3.63, 3.8) is 0 Å². The Morgan fingerprint density at radius 2 is 2.07 bits per heavy atom. The fourth-order valence-corrected chi connectivity index (χ4v) is 4.27. The number of furan rings is 1. The molecule has 0 bridgehead atoms. The minimum Gasteiger partial charge on any atom is -0.493 e. The van der Waals surface area contributed by atoms with E-state index >= 15 is 0 Å². The lowest BCUT2D eigenvalue weighted by atomic mass is 10.2. The molecule has 2 heterocycles. The van der Waals surface area contributed by atoms with Crippen LogP contribution >= 0.6 is 27.7 Å². The third kappa shape index (κ3) is 4.22. The van der Waals surface area contributed by atoms with Crippen molar-refractivity contribution in [2.75, 3.05) is 18.2 Å². The zero-order valence-electron chi connectivity index (χ0n) is 16.4. The molecule has 154 valence electrons. The van der Waals surface area contributed by atoms with Crippen LogP contribution in [0.5, 0.6) is 5.75 Å². The lowest BCUT2D eigenvalue weighted by Gasteiger charge is -2.07. The predicted molar refractivity (Wildman–Crippen MR) is 121 cm³/mol. The van der Waals surface area contributed by atoms with Crippen LogP contribution in [-0.4, -0.2) is 33.5 Å². The van der Waals surface area contributed by atoms with Crippen LogP contribution in [0.1, 0.15) is 6.92 Å². The summed E-state index contributed by atoms with van der Waals surface area (Å²) in [6.07, 6.45) is 0. The van der Waals surface area contributed by atoms with Crippen LogP contribution in [0.25, 0.3) is 22.6 Å². The van der Waals surface area contributed by atoms with E-state index in [4.69, 9.17) is 9.15 Å². The first-order valence-corrected chi connectivity index (χ1v) is 11.0. The van der Waals surface area contributed by atoms with E-state index in [9.17, 15) is 4.79 Å². The van der Waals surface area contributed by atoms with Crippen molar-refractivity contribution in [2.24, 2.45) is 0 Å².